The molecule has 1 fully saturated rings. The van der Waals surface area contributed by atoms with Crippen LogP contribution in [0, 0.1) is 6.92 Å². The van der Waals surface area contributed by atoms with E-state index in [0.29, 0.717) is 34.7 Å². The van der Waals surface area contributed by atoms with Crippen LogP contribution in [0.1, 0.15) is 41.6 Å². The summed E-state index contributed by atoms with van der Waals surface area (Å²) in [5.41, 5.74) is 2.71. The van der Waals surface area contributed by atoms with Crippen LogP contribution in [-0.4, -0.2) is 41.6 Å². The van der Waals surface area contributed by atoms with Gasteiger partial charge < -0.3 is 19.7 Å². The fraction of sp³-hybridized carbons (Fsp3) is 0.233. The second-order valence-electron chi connectivity index (χ2n) is 9.01. The molecular weight excluding hydrogens is 486 g/mol. The Hall–Kier alpha value is -4.59. The van der Waals surface area contributed by atoms with Crippen LogP contribution in [0.3, 0.4) is 0 Å². The van der Waals surface area contributed by atoms with Crippen molar-refractivity contribution >= 4 is 29.1 Å². The summed E-state index contributed by atoms with van der Waals surface area (Å²) in [5, 5.41) is 21.2. The van der Waals surface area contributed by atoms with E-state index in [1.54, 1.807) is 54.6 Å². The Morgan fingerprint density at radius 2 is 1.68 bits per heavy atom. The highest BCUT2D eigenvalue weighted by atomic mass is 16.5. The number of methoxy groups -OCH3 is 1. The summed E-state index contributed by atoms with van der Waals surface area (Å²) in [7, 11) is 1.31. The number of carbonyl (C=O) groups is 3. The molecule has 0 aromatic heterocycles. The minimum atomic E-state index is -0.946. The van der Waals surface area contributed by atoms with Gasteiger partial charge in [0.15, 0.2) is 0 Å². The molecule has 1 aliphatic rings. The Bertz CT molecular complexity index is 1390. The normalized spacial score (nSPS) is 16.5. The van der Waals surface area contributed by atoms with E-state index in [2.05, 4.69) is 0 Å². The maximum atomic E-state index is 13.4. The standard InChI is InChI=1S/C30H29NO7/c1-4-15-38-24-14-9-21(16-18(24)2)28(34)26-27(20-7-12-23(32)13-8-20)31(30(36)29(26)35)22-10-5-19(6-11-22)17-25(33)37-3/h5-14,16,27,32,34H,4,15,17H2,1-3H3/b28-26-. The number of hydrogen-bond acceptors (Lipinski definition) is 7. The summed E-state index contributed by atoms with van der Waals surface area (Å²) in [4.78, 5) is 39.6. The molecule has 1 heterocycles. The quantitative estimate of drug-likeness (QED) is 0.191. The van der Waals surface area contributed by atoms with Gasteiger partial charge in [0.25, 0.3) is 11.7 Å². The van der Waals surface area contributed by atoms with Crippen LogP contribution < -0.4 is 9.64 Å². The molecule has 4 rings (SSSR count). The number of phenols is 1. The Labute approximate surface area is 220 Å². The number of ketones is 1. The summed E-state index contributed by atoms with van der Waals surface area (Å²) in [6, 6.07) is 16.9. The number of nitrogens with zero attached hydrogens (tertiary/aromatic N) is 1. The van der Waals surface area contributed by atoms with Gasteiger partial charge in [-0.25, -0.2) is 0 Å². The lowest BCUT2D eigenvalue weighted by molar-refractivity contribution is -0.139. The minimum Gasteiger partial charge on any atom is -0.508 e. The summed E-state index contributed by atoms with van der Waals surface area (Å²) < 4.78 is 10.4. The van der Waals surface area contributed by atoms with Crippen molar-refractivity contribution in [1.82, 2.24) is 0 Å². The predicted molar refractivity (Wildman–Crippen MR) is 142 cm³/mol. The highest BCUT2D eigenvalue weighted by Gasteiger charge is 2.47. The minimum absolute atomic E-state index is 0.0242. The van der Waals surface area contributed by atoms with Crippen LogP contribution in [0.2, 0.25) is 0 Å². The smallest absolute Gasteiger partial charge is 0.309 e. The van der Waals surface area contributed by atoms with E-state index in [4.69, 9.17) is 9.47 Å². The number of aliphatic hydroxyl groups is 1. The van der Waals surface area contributed by atoms with Crippen LogP contribution in [0.5, 0.6) is 11.5 Å². The van der Waals surface area contributed by atoms with E-state index in [9.17, 15) is 24.6 Å². The number of carbonyl (C=O) groups excluding carboxylic acids is 3. The Kier molecular flexibility index (Phi) is 7.81. The van der Waals surface area contributed by atoms with Crippen molar-refractivity contribution in [3.05, 3.63) is 94.6 Å². The average Bonchev–Trinajstić information content (AvgIpc) is 3.18. The van der Waals surface area contributed by atoms with E-state index in [1.807, 2.05) is 13.8 Å². The van der Waals surface area contributed by atoms with Crippen LogP contribution in [0.15, 0.2) is 72.3 Å². The van der Waals surface area contributed by atoms with Crippen molar-refractivity contribution in [2.45, 2.75) is 32.7 Å². The number of aryl methyl sites for hydroxylation is 1. The molecule has 2 N–H and O–H groups in total. The fourth-order valence-corrected chi connectivity index (χ4v) is 4.41. The number of Topliss-reactive ketones (excluding diaryl/α,β-unsaturated/α-hetero) is 1. The summed E-state index contributed by atoms with van der Waals surface area (Å²) in [5.74, 6) is -1.64. The number of anilines is 1. The molecule has 0 aliphatic carbocycles. The third-order valence-corrected chi connectivity index (χ3v) is 6.35. The summed E-state index contributed by atoms with van der Waals surface area (Å²) in [6.07, 6.45) is 0.912. The molecule has 0 spiro atoms. The van der Waals surface area contributed by atoms with Crippen molar-refractivity contribution in [2.75, 3.05) is 18.6 Å². The molecule has 8 nitrogen and oxygen atoms in total. The van der Waals surface area contributed by atoms with Gasteiger partial charge >= 0.3 is 5.97 Å². The molecule has 1 amide bonds. The number of aliphatic hydroxyl groups excluding tert-OH is 1. The lowest BCUT2D eigenvalue weighted by Crippen LogP contribution is -2.29. The van der Waals surface area contributed by atoms with Crippen molar-refractivity contribution in [3.8, 4) is 11.5 Å². The molecule has 1 atom stereocenters. The Morgan fingerprint density at radius 3 is 2.29 bits per heavy atom. The number of aromatic hydroxyl groups is 1. The van der Waals surface area contributed by atoms with Crippen molar-refractivity contribution < 1.29 is 34.1 Å². The number of rotatable bonds is 8. The summed E-state index contributed by atoms with van der Waals surface area (Å²) >= 11 is 0. The molecule has 1 unspecified atom stereocenters. The molecule has 3 aromatic rings. The monoisotopic (exact) mass is 515 g/mol. The van der Waals surface area contributed by atoms with Gasteiger partial charge in [-0.15, -0.1) is 0 Å². The maximum Gasteiger partial charge on any atom is 0.309 e. The van der Waals surface area contributed by atoms with E-state index < -0.39 is 23.7 Å². The molecule has 1 saturated heterocycles. The zero-order chi connectivity index (χ0) is 27.4. The van der Waals surface area contributed by atoms with Crippen molar-refractivity contribution in [1.29, 1.82) is 0 Å². The molecule has 1 aliphatic heterocycles. The average molecular weight is 516 g/mol. The number of ether oxygens (including phenoxy) is 2. The molecule has 38 heavy (non-hydrogen) atoms. The zero-order valence-corrected chi connectivity index (χ0v) is 21.4. The van der Waals surface area contributed by atoms with E-state index in [-0.39, 0.29) is 23.5 Å². The number of esters is 1. The van der Waals surface area contributed by atoms with Crippen LogP contribution in [-0.2, 0) is 25.5 Å². The number of amides is 1. The van der Waals surface area contributed by atoms with Gasteiger partial charge in [0, 0.05) is 11.3 Å². The molecule has 8 heteroatoms. The molecular formula is C30H29NO7. The number of hydrogen-bond donors (Lipinski definition) is 2. The first-order valence-corrected chi connectivity index (χ1v) is 12.2. The molecule has 0 radical (unpaired) electrons. The predicted octanol–water partition coefficient (Wildman–Crippen LogP) is 4.83. The van der Waals surface area contributed by atoms with Gasteiger partial charge in [-0.3, -0.25) is 19.3 Å². The van der Waals surface area contributed by atoms with Crippen LogP contribution in [0.25, 0.3) is 5.76 Å². The molecule has 0 saturated carbocycles. The second kappa shape index (κ2) is 11.2. The Balaban J connectivity index is 1.81. The molecule has 196 valence electrons. The third kappa shape index (κ3) is 5.25. The molecule has 0 bridgehead atoms. The van der Waals surface area contributed by atoms with Gasteiger partial charge in [-0.1, -0.05) is 31.2 Å². The highest BCUT2D eigenvalue weighted by molar-refractivity contribution is 6.51. The van der Waals surface area contributed by atoms with E-state index in [1.165, 1.54) is 24.1 Å². The number of benzene rings is 3. The SMILES string of the molecule is CCCOc1ccc(/C(O)=C2/C(=O)C(=O)N(c3ccc(CC(=O)OC)cc3)C2c2ccc(O)cc2)cc1C. The lowest BCUT2D eigenvalue weighted by Gasteiger charge is -2.25. The van der Waals surface area contributed by atoms with Crippen LogP contribution >= 0.6 is 0 Å². The van der Waals surface area contributed by atoms with Gasteiger partial charge in [0.1, 0.15) is 17.3 Å². The van der Waals surface area contributed by atoms with E-state index >= 15 is 0 Å². The van der Waals surface area contributed by atoms with Gasteiger partial charge in [0.05, 0.1) is 31.8 Å². The van der Waals surface area contributed by atoms with Crippen LogP contribution in [0.4, 0.5) is 5.69 Å². The van der Waals surface area contributed by atoms with Crippen molar-refractivity contribution in [2.24, 2.45) is 0 Å². The Morgan fingerprint density at radius 1 is 1.00 bits per heavy atom. The van der Waals surface area contributed by atoms with E-state index in [0.717, 1.165) is 12.0 Å². The first-order chi connectivity index (χ1) is 18.2. The third-order valence-electron chi connectivity index (χ3n) is 6.35. The maximum absolute atomic E-state index is 13.4. The first-order valence-electron chi connectivity index (χ1n) is 12.2. The van der Waals surface area contributed by atoms with Gasteiger partial charge in [-0.05, 0) is 72.5 Å². The zero-order valence-electron chi connectivity index (χ0n) is 21.4. The van der Waals surface area contributed by atoms with Gasteiger partial charge in [0.2, 0.25) is 0 Å². The number of phenolic OH excluding ortho intramolecular Hbond substituents is 1. The summed E-state index contributed by atoms with van der Waals surface area (Å²) in [6.45, 7) is 4.40. The lowest BCUT2D eigenvalue weighted by atomic mass is 9.94. The highest BCUT2D eigenvalue weighted by Crippen LogP contribution is 2.42. The largest absolute Gasteiger partial charge is 0.508 e. The second-order valence-corrected chi connectivity index (χ2v) is 9.01. The topological polar surface area (TPSA) is 113 Å². The van der Waals surface area contributed by atoms with Crippen molar-refractivity contribution in [3.63, 3.8) is 0 Å². The first kappa shape index (κ1) is 26.5. The fourth-order valence-electron chi connectivity index (χ4n) is 4.41. The van der Waals surface area contributed by atoms with Gasteiger partial charge in [-0.2, -0.15) is 0 Å². The molecule has 3 aromatic carbocycles.